The molecule has 3 aromatic carbocycles. The molecule has 1 aliphatic rings. The summed E-state index contributed by atoms with van der Waals surface area (Å²) < 4.78 is 0. The van der Waals surface area contributed by atoms with Gasteiger partial charge in [-0.2, -0.15) is 0 Å². The molecule has 1 heterocycles. The van der Waals surface area contributed by atoms with E-state index in [0.717, 1.165) is 48.4 Å². The standard InChI is InChI=1S/C26H28N4O2/c1-18-10-12-22(19(2)16-18)28-26(32)29-23-17-21(11-13-24(23)30-14-6-7-15-30)27-25(31)20-8-4-3-5-9-20/h3-5,8-13,16-17H,6-7,14-15H2,1-2H3,(H,27,31)(H2,28,29,32). The van der Waals surface area contributed by atoms with Gasteiger partial charge >= 0.3 is 6.03 Å². The van der Waals surface area contributed by atoms with Crippen molar-refractivity contribution < 1.29 is 9.59 Å². The highest BCUT2D eigenvalue weighted by Gasteiger charge is 2.18. The van der Waals surface area contributed by atoms with Crippen molar-refractivity contribution >= 4 is 34.7 Å². The maximum absolute atomic E-state index is 12.8. The Morgan fingerprint density at radius 3 is 2.22 bits per heavy atom. The Hall–Kier alpha value is -3.80. The van der Waals surface area contributed by atoms with Crippen molar-refractivity contribution in [3.8, 4) is 0 Å². The summed E-state index contributed by atoms with van der Waals surface area (Å²) in [4.78, 5) is 27.6. The van der Waals surface area contributed by atoms with Gasteiger partial charge in [-0.1, -0.05) is 35.9 Å². The van der Waals surface area contributed by atoms with Crippen LogP contribution in [0.5, 0.6) is 0 Å². The third kappa shape index (κ3) is 5.09. The van der Waals surface area contributed by atoms with Crippen LogP contribution in [0.1, 0.15) is 34.3 Å². The number of nitrogens with one attached hydrogen (secondary N) is 3. The molecule has 0 unspecified atom stereocenters. The molecule has 1 saturated heterocycles. The fourth-order valence-electron chi connectivity index (χ4n) is 3.97. The lowest BCUT2D eigenvalue weighted by molar-refractivity contribution is 0.102. The first-order valence-electron chi connectivity index (χ1n) is 10.9. The highest BCUT2D eigenvalue weighted by Crippen LogP contribution is 2.32. The molecule has 0 aromatic heterocycles. The van der Waals surface area contributed by atoms with Crippen LogP contribution in [-0.2, 0) is 0 Å². The van der Waals surface area contributed by atoms with Gasteiger partial charge in [0.15, 0.2) is 0 Å². The van der Waals surface area contributed by atoms with Gasteiger partial charge in [-0.05, 0) is 68.7 Å². The molecule has 164 valence electrons. The lowest BCUT2D eigenvalue weighted by atomic mass is 10.1. The van der Waals surface area contributed by atoms with Crippen LogP contribution in [0.25, 0.3) is 0 Å². The van der Waals surface area contributed by atoms with E-state index in [2.05, 4.69) is 20.9 Å². The Kier molecular flexibility index (Phi) is 6.40. The maximum atomic E-state index is 12.8. The molecular weight excluding hydrogens is 400 g/mol. The number of urea groups is 1. The van der Waals surface area contributed by atoms with E-state index in [-0.39, 0.29) is 11.9 Å². The zero-order chi connectivity index (χ0) is 22.5. The third-order valence-electron chi connectivity index (χ3n) is 5.62. The lowest BCUT2D eigenvalue weighted by Crippen LogP contribution is -2.24. The number of benzene rings is 3. The zero-order valence-electron chi connectivity index (χ0n) is 18.4. The number of amides is 3. The lowest BCUT2D eigenvalue weighted by Gasteiger charge is -2.23. The predicted octanol–water partition coefficient (Wildman–Crippen LogP) is 5.80. The first-order chi connectivity index (χ1) is 15.5. The molecule has 0 aliphatic carbocycles. The normalized spacial score (nSPS) is 13.0. The smallest absolute Gasteiger partial charge is 0.323 e. The van der Waals surface area contributed by atoms with E-state index in [4.69, 9.17) is 0 Å². The van der Waals surface area contributed by atoms with E-state index >= 15 is 0 Å². The number of aryl methyl sites for hydroxylation is 2. The van der Waals surface area contributed by atoms with Crippen LogP contribution in [0.15, 0.2) is 66.7 Å². The number of anilines is 4. The quantitative estimate of drug-likeness (QED) is 0.481. The topological polar surface area (TPSA) is 73.5 Å². The third-order valence-corrected chi connectivity index (χ3v) is 5.62. The van der Waals surface area contributed by atoms with E-state index in [1.165, 1.54) is 0 Å². The van der Waals surface area contributed by atoms with E-state index in [0.29, 0.717) is 16.9 Å². The average Bonchev–Trinajstić information content (AvgIpc) is 3.31. The van der Waals surface area contributed by atoms with Crippen molar-refractivity contribution in [1.29, 1.82) is 0 Å². The fraction of sp³-hybridized carbons (Fsp3) is 0.231. The number of carbonyl (C=O) groups is 2. The van der Waals surface area contributed by atoms with E-state index in [1.807, 2.05) is 68.4 Å². The number of hydrogen-bond acceptors (Lipinski definition) is 3. The Balaban J connectivity index is 1.55. The van der Waals surface area contributed by atoms with Gasteiger partial charge in [0.05, 0.1) is 11.4 Å². The predicted molar refractivity (Wildman–Crippen MR) is 131 cm³/mol. The first-order valence-corrected chi connectivity index (χ1v) is 10.9. The Morgan fingerprint density at radius 2 is 1.50 bits per heavy atom. The summed E-state index contributed by atoms with van der Waals surface area (Å²) in [5, 5.41) is 8.85. The average molecular weight is 429 g/mol. The largest absolute Gasteiger partial charge is 0.370 e. The Bertz CT molecular complexity index is 1120. The van der Waals surface area contributed by atoms with Crippen molar-refractivity contribution in [1.82, 2.24) is 0 Å². The molecule has 32 heavy (non-hydrogen) atoms. The van der Waals surface area contributed by atoms with Crippen molar-refractivity contribution in [2.75, 3.05) is 33.9 Å². The minimum absolute atomic E-state index is 0.190. The van der Waals surface area contributed by atoms with E-state index in [9.17, 15) is 9.59 Å². The van der Waals surface area contributed by atoms with Crippen LogP contribution in [0.4, 0.5) is 27.5 Å². The number of hydrogen-bond donors (Lipinski definition) is 3. The maximum Gasteiger partial charge on any atom is 0.323 e. The number of carbonyl (C=O) groups excluding carboxylic acids is 2. The van der Waals surface area contributed by atoms with Crippen LogP contribution in [0.3, 0.4) is 0 Å². The molecule has 6 heteroatoms. The first kappa shape index (κ1) is 21.4. The van der Waals surface area contributed by atoms with Crippen LogP contribution < -0.4 is 20.9 Å². The molecular formula is C26H28N4O2. The molecule has 0 spiro atoms. The molecule has 6 nitrogen and oxygen atoms in total. The van der Waals surface area contributed by atoms with Crippen molar-refractivity contribution in [3.63, 3.8) is 0 Å². The van der Waals surface area contributed by atoms with Gasteiger partial charge in [0, 0.05) is 30.0 Å². The molecule has 0 saturated carbocycles. The summed E-state index contributed by atoms with van der Waals surface area (Å²) in [7, 11) is 0. The van der Waals surface area contributed by atoms with Gasteiger partial charge in [0.1, 0.15) is 0 Å². The molecule has 4 rings (SSSR count). The second kappa shape index (κ2) is 9.56. The molecule has 1 fully saturated rings. The van der Waals surface area contributed by atoms with E-state index in [1.54, 1.807) is 12.1 Å². The van der Waals surface area contributed by atoms with Gasteiger partial charge in [0.25, 0.3) is 5.91 Å². The second-order valence-electron chi connectivity index (χ2n) is 8.14. The van der Waals surface area contributed by atoms with E-state index < -0.39 is 0 Å². The van der Waals surface area contributed by atoms with Crippen LogP contribution in [0.2, 0.25) is 0 Å². The van der Waals surface area contributed by atoms with Gasteiger partial charge in [0.2, 0.25) is 0 Å². The molecule has 1 aliphatic heterocycles. The van der Waals surface area contributed by atoms with Gasteiger partial charge < -0.3 is 20.9 Å². The van der Waals surface area contributed by atoms with Crippen molar-refractivity contribution in [3.05, 3.63) is 83.4 Å². The molecule has 0 bridgehead atoms. The molecule has 0 radical (unpaired) electrons. The number of rotatable bonds is 5. The minimum atomic E-state index is -0.316. The minimum Gasteiger partial charge on any atom is -0.370 e. The van der Waals surface area contributed by atoms with Gasteiger partial charge in [-0.3, -0.25) is 4.79 Å². The summed E-state index contributed by atoms with van der Waals surface area (Å²) in [6, 6.07) is 20.3. The van der Waals surface area contributed by atoms with Crippen LogP contribution in [-0.4, -0.2) is 25.0 Å². The second-order valence-corrected chi connectivity index (χ2v) is 8.14. The summed E-state index contributed by atoms with van der Waals surface area (Å²) >= 11 is 0. The van der Waals surface area contributed by atoms with Gasteiger partial charge in [-0.25, -0.2) is 4.79 Å². The van der Waals surface area contributed by atoms with Crippen LogP contribution >= 0.6 is 0 Å². The fourth-order valence-corrected chi connectivity index (χ4v) is 3.97. The Morgan fingerprint density at radius 1 is 0.781 bits per heavy atom. The monoisotopic (exact) mass is 428 g/mol. The molecule has 3 amide bonds. The summed E-state index contributed by atoms with van der Waals surface area (Å²) in [5.74, 6) is -0.190. The van der Waals surface area contributed by atoms with Crippen molar-refractivity contribution in [2.45, 2.75) is 26.7 Å². The molecule has 0 atom stereocenters. The molecule has 3 N–H and O–H groups in total. The zero-order valence-corrected chi connectivity index (χ0v) is 18.4. The Labute approximate surface area is 188 Å². The van der Waals surface area contributed by atoms with Crippen molar-refractivity contribution in [2.24, 2.45) is 0 Å². The SMILES string of the molecule is Cc1ccc(NC(=O)Nc2cc(NC(=O)c3ccccc3)ccc2N2CCCC2)c(C)c1. The highest BCUT2D eigenvalue weighted by atomic mass is 16.2. The summed E-state index contributed by atoms with van der Waals surface area (Å²) in [6.07, 6.45) is 2.25. The summed E-state index contributed by atoms with van der Waals surface area (Å²) in [5.41, 5.74) is 5.75. The molecule has 3 aromatic rings. The summed E-state index contributed by atoms with van der Waals surface area (Å²) in [6.45, 7) is 5.89. The van der Waals surface area contributed by atoms with Gasteiger partial charge in [-0.15, -0.1) is 0 Å². The highest BCUT2D eigenvalue weighted by molar-refractivity contribution is 6.06. The van der Waals surface area contributed by atoms with Crippen LogP contribution in [0, 0.1) is 13.8 Å². The number of nitrogens with zero attached hydrogens (tertiary/aromatic N) is 1.